The van der Waals surface area contributed by atoms with Gasteiger partial charge in [-0.1, -0.05) is 35.9 Å². The van der Waals surface area contributed by atoms with Crippen LogP contribution in [0.2, 0.25) is 0 Å². The van der Waals surface area contributed by atoms with Crippen molar-refractivity contribution in [3.63, 3.8) is 0 Å². The highest BCUT2D eigenvalue weighted by Crippen LogP contribution is 2.23. The number of amides is 1. The number of benzene rings is 1. The molecule has 1 N–H and O–H groups in total. The molecule has 0 fully saturated rings. The van der Waals surface area contributed by atoms with Gasteiger partial charge in [-0.15, -0.1) is 11.3 Å². The lowest BCUT2D eigenvalue weighted by molar-refractivity contribution is -0.141. The van der Waals surface area contributed by atoms with Gasteiger partial charge in [0.1, 0.15) is 0 Å². The lowest BCUT2D eigenvalue weighted by atomic mass is 10.1. The summed E-state index contributed by atoms with van der Waals surface area (Å²) >= 11 is 1.49. The Morgan fingerprint density at radius 2 is 2.04 bits per heavy atom. The number of ether oxygens (including phenoxy) is 1. The van der Waals surface area contributed by atoms with Crippen LogP contribution in [-0.4, -0.2) is 24.0 Å². The summed E-state index contributed by atoms with van der Waals surface area (Å²) < 4.78 is 10.5. The first-order chi connectivity index (χ1) is 13.5. The van der Waals surface area contributed by atoms with Crippen LogP contribution in [0.4, 0.5) is 0 Å². The molecule has 0 spiro atoms. The standard InChI is InChI=1S/C21H22N2O4S/c1-14-5-7-15(8-6-14)17-13-22-20(27-17)10-9-19(24)23-16(12-21(25)26-2)18-4-3-11-28-18/h3-8,11,13,16H,9-10,12H2,1-2H3,(H,23,24). The topological polar surface area (TPSA) is 81.4 Å². The number of aromatic nitrogens is 1. The second-order valence-electron chi connectivity index (χ2n) is 6.40. The number of hydrogen-bond donors (Lipinski definition) is 1. The number of nitrogens with zero attached hydrogens (tertiary/aromatic N) is 1. The Labute approximate surface area is 167 Å². The molecule has 1 aromatic carbocycles. The fraction of sp³-hybridized carbons (Fsp3) is 0.286. The molecule has 28 heavy (non-hydrogen) atoms. The lowest BCUT2D eigenvalue weighted by Crippen LogP contribution is -2.30. The van der Waals surface area contributed by atoms with E-state index in [9.17, 15) is 9.59 Å². The summed E-state index contributed by atoms with van der Waals surface area (Å²) in [7, 11) is 1.34. The minimum atomic E-state index is -0.396. The molecule has 0 aliphatic heterocycles. The van der Waals surface area contributed by atoms with E-state index in [1.807, 2.05) is 48.7 Å². The number of carbonyl (C=O) groups is 2. The van der Waals surface area contributed by atoms with Gasteiger partial charge in [0.05, 0.1) is 25.8 Å². The molecular formula is C21H22N2O4S. The molecule has 1 atom stereocenters. The molecule has 0 saturated heterocycles. The number of nitrogens with one attached hydrogen (secondary N) is 1. The van der Waals surface area contributed by atoms with Crippen molar-refractivity contribution in [2.24, 2.45) is 0 Å². The minimum absolute atomic E-state index is 0.0966. The van der Waals surface area contributed by atoms with Crippen molar-refractivity contribution in [2.45, 2.75) is 32.2 Å². The van der Waals surface area contributed by atoms with E-state index in [0.717, 1.165) is 10.4 Å². The van der Waals surface area contributed by atoms with Crippen molar-refractivity contribution >= 4 is 23.2 Å². The Hall–Kier alpha value is -2.93. The van der Waals surface area contributed by atoms with Gasteiger partial charge in [-0.05, 0) is 18.4 Å². The molecule has 146 valence electrons. The van der Waals surface area contributed by atoms with Gasteiger partial charge in [0.15, 0.2) is 11.7 Å². The second kappa shape index (κ2) is 9.32. The Balaban J connectivity index is 1.57. The van der Waals surface area contributed by atoms with Gasteiger partial charge in [-0.2, -0.15) is 0 Å². The van der Waals surface area contributed by atoms with Crippen molar-refractivity contribution in [1.29, 1.82) is 0 Å². The van der Waals surface area contributed by atoms with E-state index in [1.165, 1.54) is 24.0 Å². The number of methoxy groups -OCH3 is 1. The Morgan fingerprint density at radius 3 is 2.71 bits per heavy atom. The quantitative estimate of drug-likeness (QED) is 0.579. The predicted octanol–water partition coefficient (Wildman–Crippen LogP) is 4.06. The van der Waals surface area contributed by atoms with Crippen LogP contribution >= 0.6 is 11.3 Å². The van der Waals surface area contributed by atoms with Gasteiger partial charge in [0.25, 0.3) is 0 Å². The smallest absolute Gasteiger partial charge is 0.307 e. The van der Waals surface area contributed by atoms with Crippen molar-refractivity contribution in [3.05, 3.63) is 64.3 Å². The number of oxazole rings is 1. The molecule has 0 radical (unpaired) electrons. The molecule has 0 saturated carbocycles. The van der Waals surface area contributed by atoms with Crippen LogP contribution in [0.5, 0.6) is 0 Å². The van der Waals surface area contributed by atoms with E-state index >= 15 is 0 Å². The Kier molecular flexibility index (Phi) is 6.60. The first kappa shape index (κ1) is 19.8. The predicted molar refractivity (Wildman–Crippen MR) is 107 cm³/mol. The Morgan fingerprint density at radius 1 is 1.25 bits per heavy atom. The van der Waals surface area contributed by atoms with Gasteiger partial charge >= 0.3 is 5.97 Å². The number of rotatable bonds is 8. The third kappa shape index (κ3) is 5.29. The van der Waals surface area contributed by atoms with Crippen LogP contribution in [-0.2, 0) is 20.7 Å². The fourth-order valence-electron chi connectivity index (χ4n) is 2.73. The van der Waals surface area contributed by atoms with E-state index in [0.29, 0.717) is 18.1 Å². The zero-order valence-electron chi connectivity index (χ0n) is 15.8. The van der Waals surface area contributed by atoms with Crippen LogP contribution in [0.25, 0.3) is 11.3 Å². The average molecular weight is 398 g/mol. The van der Waals surface area contributed by atoms with Crippen LogP contribution < -0.4 is 5.32 Å². The second-order valence-corrected chi connectivity index (χ2v) is 7.38. The molecule has 0 aliphatic rings. The van der Waals surface area contributed by atoms with Crippen LogP contribution in [0.1, 0.15) is 35.2 Å². The third-order valence-electron chi connectivity index (χ3n) is 4.28. The number of thiophene rings is 1. The number of aryl methyl sites for hydroxylation is 2. The summed E-state index contributed by atoms with van der Waals surface area (Å²) in [6, 6.07) is 11.4. The van der Waals surface area contributed by atoms with Crippen molar-refractivity contribution in [3.8, 4) is 11.3 Å². The normalized spacial score (nSPS) is 11.8. The van der Waals surface area contributed by atoms with E-state index in [1.54, 1.807) is 6.20 Å². The number of hydrogen-bond acceptors (Lipinski definition) is 6. The third-order valence-corrected chi connectivity index (χ3v) is 5.26. The molecule has 3 aromatic rings. The molecular weight excluding hydrogens is 376 g/mol. The molecule has 0 aliphatic carbocycles. The van der Waals surface area contributed by atoms with E-state index in [-0.39, 0.29) is 24.7 Å². The first-order valence-corrected chi connectivity index (χ1v) is 9.84. The maximum atomic E-state index is 12.4. The fourth-order valence-corrected chi connectivity index (χ4v) is 3.50. The van der Waals surface area contributed by atoms with Gasteiger partial charge in [-0.3, -0.25) is 9.59 Å². The summed E-state index contributed by atoms with van der Waals surface area (Å²) in [5, 5.41) is 4.81. The molecule has 1 unspecified atom stereocenters. The maximum absolute atomic E-state index is 12.4. The lowest BCUT2D eigenvalue weighted by Gasteiger charge is -2.16. The molecule has 7 heteroatoms. The Bertz CT molecular complexity index is 916. The average Bonchev–Trinajstić information content (AvgIpc) is 3.38. The SMILES string of the molecule is COC(=O)CC(NC(=O)CCc1ncc(-c2ccc(C)cc2)o1)c1cccs1. The zero-order chi connectivity index (χ0) is 19.9. The van der Waals surface area contributed by atoms with Crippen molar-refractivity contribution in [2.75, 3.05) is 7.11 Å². The minimum Gasteiger partial charge on any atom is -0.469 e. The molecule has 6 nitrogen and oxygen atoms in total. The number of carbonyl (C=O) groups excluding carboxylic acids is 2. The van der Waals surface area contributed by atoms with E-state index in [2.05, 4.69) is 10.3 Å². The van der Waals surface area contributed by atoms with Gasteiger partial charge in [0.2, 0.25) is 5.91 Å². The summed E-state index contributed by atoms with van der Waals surface area (Å²) in [6.07, 6.45) is 2.37. The summed E-state index contributed by atoms with van der Waals surface area (Å²) in [6.45, 7) is 2.03. The van der Waals surface area contributed by atoms with E-state index < -0.39 is 6.04 Å². The molecule has 0 bridgehead atoms. The van der Waals surface area contributed by atoms with Crippen LogP contribution in [0.3, 0.4) is 0 Å². The number of esters is 1. The van der Waals surface area contributed by atoms with Gasteiger partial charge in [0, 0.05) is 23.3 Å². The van der Waals surface area contributed by atoms with Crippen LogP contribution in [0, 0.1) is 6.92 Å². The van der Waals surface area contributed by atoms with Gasteiger partial charge < -0.3 is 14.5 Å². The highest BCUT2D eigenvalue weighted by Gasteiger charge is 2.20. The summed E-state index contributed by atoms with van der Waals surface area (Å²) in [4.78, 5) is 29.2. The summed E-state index contributed by atoms with van der Waals surface area (Å²) in [5.74, 6) is 0.649. The highest BCUT2D eigenvalue weighted by molar-refractivity contribution is 7.10. The monoisotopic (exact) mass is 398 g/mol. The highest BCUT2D eigenvalue weighted by atomic mass is 32.1. The zero-order valence-corrected chi connectivity index (χ0v) is 16.6. The maximum Gasteiger partial charge on any atom is 0.307 e. The molecule has 2 heterocycles. The van der Waals surface area contributed by atoms with Crippen molar-refractivity contribution in [1.82, 2.24) is 10.3 Å². The van der Waals surface area contributed by atoms with E-state index in [4.69, 9.17) is 9.15 Å². The van der Waals surface area contributed by atoms with Crippen molar-refractivity contribution < 1.29 is 18.7 Å². The summed E-state index contributed by atoms with van der Waals surface area (Å²) in [5.41, 5.74) is 2.12. The van der Waals surface area contributed by atoms with Crippen LogP contribution in [0.15, 0.2) is 52.4 Å². The molecule has 2 aromatic heterocycles. The molecule has 3 rings (SSSR count). The van der Waals surface area contributed by atoms with Gasteiger partial charge in [-0.25, -0.2) is 4.98 Å². The first-order valence-electron chi connectivity index (χ1n) is 8.96. The largest absolute Gasteiger partial charge is 0.469 e. The molecule has 1 amide bonds.